The van der Waals surface area contributed by atoms with E-state index in [2.05, 4.69) is 15.2 Å². The molecule has 29 heavy (non-hydrogen) atoms. The maximum absolute atomic E-state index is 13.0. The Morgan fingerprint density at radius 2 is 2.03 bits per heavy atom. The van der Waals surface area contributed by atoms with E-state index < -0.39 is 10.0 Å². The van der Waals surface area contributed by atoms with Gasteiger partial charge in [-0.3, -0.25) is 9.78 Å². The van der Waals surface area contributed by atoms with Crippen molar-refractivity contribution in [2.75, 3.05) is 19.6 Å². The van der Waals surface area contributed by atoms with Crippen LogP contribution < -0.4 is 0 Å². The predicted molar refractivity (Wildman–Crippen MR) is 105 cm³/mol. The molecule has 0 unspecified atom stereocenters. The van der Waals surface area contributed by atoms with Gasteiger partial charge >= 0.3 is 0 Å². The molecular formula is C19H26N6O3S. The molecule has 0 bridgehead atoms. The van der Waals surface area contributed by atoms with Crippen LogP contribution in [0.2, 0.25) is 0 Å². The number of sulfonamides is 1. The number of hydrogen-bond donors (Lipinski definition) is 0. The lowest BCUT2D eigenvalue weighted by Gasteiger charge is -2.35. The standard InChI is InChI=1S/C19H26N6O3S/c1-2-18(26)24-10-4-3-7-16(24)19-22-21-17-8-11-23(12-13-25(17)19)29(27,28)15-6-5-9-20-14-15/h5-6,9,14,16H,2-4,7-8,10-13H2,1H3/t16-/m0/s1. The van der Waals surface area contributed by atoms with Gasteiger partial charge in [-0.25, -0.2) is 8.42 Å². The number of piperidine rings is 1. The summed E-state index contributed by atoms with van der Waals surface area (Å²) >= 11 is 0. The Kier molecular flexibility index (Phi) is 5.64. The van der Waals surface area contributed by atoms with E-state index in [1.807, 2.05) is 16.4 Å². The Morgan fingerprint density at radius 3 is 2.79 bits per heavy atom. The van der Waals surface area contributed by atoms with Crippen LogP contribution in [0.1, 0.15) is 50.3 Å². The maximum Gasteiger partial charge on any atom is 0.244 e. The van der Waals surface area contributed by atoms with E-state index >= 15 is 0 Å². The number of amides is 1. The van der Waals surface area contributed by atoms with Crippen molar-refractivity contribution in [1.82, 2.24) is 29.0 Å². The van der Waals surface area contributed by atoms with Crippen LogP contribution in [-0.2, 0) is 27.8 Å². The molecule has 1 amide bonds. The van der Waals surface area contributed by atoms with Crippen LogP contribution in [0.4, 0.5) is 0 Å². The molecule has 1 atom stereocenters. The van der Waals surface area contributed by atoms with Gasteiger partial charge in [0.1, 0.15) is 10.7 Å². The highest BCUT2D eigenvalue weighted by atomic mass is 32.2. The third-order valence-corrected chi connectivity index (χ3v) is 7.59. The van der Waals surface area contributed by atoms with Crippen molar-refractivity contribution in [2.24, 2.45) is 0 Å². The van der Waals surface area contributed by atoms with Gasteiger partial charge in [-0.1, -0.05) is 6.92 Å². The van der Waals surface area contributed by atoms with Crippen LogP contribution >= 0.6 is 0 Å². The number of rotatable bonds is 4. The number of nitrogens with zero attached hydrogens (tertiary/aromatic N) is 6. The minimum Gasteiger partial charge on any atom is -0.332 e. The van der Waals surface area contributed by atoms with Gasteiger partial charge in [0.15, 0.2) is 5.82 Å². The predicted octanol–water partition coefficient (Wildman–Crippen LogP) is 1.38. The van der Waals surface area contributed by atoms with Crippen molar-refractivity contribution in [3.05, 3.63) is 36.2 Å². The Hall–Kier alpha value is -2.33. The van der Waals surface area contributed by atoms with Crippen LogP contribution in [0, 0.1) is 0 Å². The van der Waals surface area contributed by atoms with Crippen molar-refractivity contribution in [3.8, 4) is 0 Å². The van der Waals surface area contributed by atoms with E-state index in [1.54, 1.807) is 18.3 Å². The molecular weight excluding hydrogens is 392 g/mol. The number of aromatic nitrogens is 4. The number of pyridine rings is 1. The van der Waals surface area contributed by atoms with E-state index in [9.17, 15) is 13.2 Å². The number of carbonyl (C=O) groups is 1. The molecule has 10 heteroatoms. The fourth-order valence-corrected chi connectivity index (χ4v) is 5.56. The minimum absolute atomic E-state index is 0.0843. The Balaban J connectivity index is 1.58. The molecule has 0 radical (unpaired) electrons. The quantitative estimate of drug-likeness (QED) is 0.744. The topological polar surface area (TPSA) is 101 Å². The summed E-state index contributed by atoms with van der Waals surface area (Å²) in [7, 11) is -3.60. The first kappa shape index (κ1) is 20.0. The summed E-state index contributed by atoms with van der Waals surface area (Å²) in [4.78, 5) is 18.5. The molecule has 2 aliphatic heterocycles. The number of fused-ring (bicyclic) bond motifs is 1. The molecule has 0 saturated carbocycles. The highest BCUT2D eigenvalue weighted by Crippen LogP contribution is 2.31. The molecule has 9 nitrogen and oxygen atoms in total. The summed E-state index contributed by atoms with van der Waals surface area (Å²) in [6.45, 7) is 3.77. The number of likely N-dealkylation sites (tertiary alicyclic amines) is 1. The van der Waals surface area contributed by atoms with Gasteiger partial charge in [0, 0.05) is 51.4 Å². The summed E-state index contributed by atoms with van der Waals surface area (Å²) < 4.78 is 29.4. The molecule has 4 heterocycles. The molecule has 2 aliphatic rings. The third kappa shape index (κ3) is 3.78. The minimum atomic E-state index is -3.60. The number of carbonyl (C=O) groups excluding carboxylic acids is 1. The molecule has 4 rings (SSSR count). The second-order valence-corrected chi connectivity index (χ2v) is 9.36. The largest absolute Gasteiger partial charge is 0.332 e. The first-order chi connectivity index (χ1) is 14.0. The molecule has 0 aromatic carbocycles. The van der Waals surface area contributed by atoms with E-state index in [-0.39, 0.29) is 16.8 Å². The molecule has 156 valence electrons. The molecule has 1 fully saturated rings. The smallest absolute Gasteiger partial charge is 0.244 e. The molecule has 0 N–H and O–H groups in total. The van der Waals surface area contributed by atoms with Gasteiger partial charge in [-0.05, 0) is 31.4 Å². The van der Waals surface area contributed by atoms with Gasteiger partial charge in [0.05, 0.1) is 6.04 Å². The van der Waals surface area contributed by atoms with Gasteiger partial charge in [-0.15, -0.1) is 10.2 Å². The summed E-state index contributed by atoms with van der Waals surface area (Å²) in [6, 6.07) is 3.11. The first-order valence-corrected chi connectivity index (χ1v) is 11.6. The zero-order valence-electron chi connectivity index (χ0n) is 16.6. The van der Waals surface area contributed by atoms with Crippen LogP contribution in [0.15, 0.2) is 29.4 Å². The summed E-state index contributed by atoms with van der Waals surface area (Å²) in [6.07, 6.45) is 6.80. The summed E-state index contributed by atoms with van der Waals surface area (Å²) in [5, 5.41) is 8.76. The highest BCUT2D eigenvalue weighted by molar-refractivity contribution is 7.89. The van der Waals surface area contributed by atoms with Crippen LogP contribution in [-0.4, -0.2) is 62.9 Å². The molecule has 0 spiro atoms. The van der Waals surface area contributed by atoms with Crippen molar-refractivity contribution in [1.29, 1.82) is 0 Å². The zero-order valence-corrected chi connectivity index (χ0v) is 17.4. The van der Waals surface area contributed by atoms with E-state index in [4.69, 9.17) is 0 Å². The third-order valence-electron chi connectivity index (χ3n) is 5.71. The van der Waals surface area contributed by atoms with Crippen molar-refractivity contribution in [3.63, 3.8) is 0 Å². The van der Waals surface area contributed by atoms with Crippen molar-refractivity contribution in [2.45, 2.75) is 56.5 Å². The highest BCUT2D eigenvalue weighted by Gasteiger charge is 2.34. The van der Waals surface area contributed by atoms with E-state index in [0.29, 0.717) is 32.5 Å². The maximum atomic E-state index is 13.0. The first-order valence-electron chi connectivity index (χ1n) is 10.1. The molecule has 1 saturated heterocycles. The van der Waals surface area contributed by atoms with Crippen molar-refractivity contribution < 1.29 is 13.2 Å². The van der Waals surface area contributed by atoms with E-state index in [0.717, 1.165) is 37.5 Å². The fourth-order valence-electron chi connectivity index (χ4n) is 4.16. The SMILES string of the molecule is CCC(=O)N1CCCC[C@H]1c1nnc2n1CCN(S(=O)(=O)c1cccnc1)CC2. The second kappa shape index (κ2) is 8.19. The lowest BCUT2D eigenvalue weighted by Crippen LogP contribution is -2.39. The molecule has 2 aromatic rings. The fraction of sp³-hybridized carbons (Fsp3) is 0.579. The lowest BCUT2D eigenvalue weighted by atomic mass is 10.0. The van der Waals surface area contributed by atoms with E-state index in [1.165, 1.54) is 10.5 Å². The normalized spacial score (nSPS) is 20.9. The van der Waals surface area contributed by atoms with Gasteiger partial charge < -0.3 is 9.47 Å². The summed E-state index contributed by atoms with van der Waals surface area (Å²) in [5.41, 5.74) is 0. The van der Waals surface area contributed by atoms with Gasteiger partial charge in [0.2, 0.25) is 15.9 Å². The summed E-state index contributed by atoms with van der Waals surface area (Å²) in [5.74, 6) is 1.68. The monoisotopic (exact) mass is 418 g/mol. The Morgan fingerprint density at radius 1 is 1.17 bits per heavy atom. The van der Waals surface area contributed by atoms with Gasteiger partial charge in [-0.2, -0.15) is 4.31 Å². The van der Waals surface area contributed by atoms with Gasteiger partial charge in [0.25, 0.3) is 0 Å². The molecule has 0 aliphatic carbocycles. The average Bonchev–Trinajstić information content (AvgIpc) is 3.03. The Labute approximate surface area is 170 Å². The molecule has 2 aromatic heterocycles. The van der Waals surface area contributed by atoms with Crippen LogP contribution in [0.5, 0.6) is 0 Å². The Bertz CT molecular complexity index is 975. The average molecular weight is 419 g/mol. The van der Waals surface area contributed by atoms with Crippen LogP contribution in [0.3, 0.4) is 0 Å². The lowest BCUT2D eigenvalue weighted by molar-refractivity contribution is -0.135. The zero-order chi connectivity index (χ0) is 20.4. The van der Waals surface area contributed by atoms with Crippen LogP contribution in [0.25, 0.3) is 0 Å². The van der Waals surface area contributed by atoms with Crippen molar-refractivity contribution >= 4 is 15.9 Å². The second-order valence-electron chi connectivity index (χ2n) is 7.42. The number of hydrogen-bond acceptors (Lipinski definition) is 6.